The van der Waals surface area contributed by atoms with Crippen molar-refractivity contribution in [3.05, 3.63) is 11.7 Å². The molecule has 0 spiro atoms. The predicted octanol–water partition coefficient (Wildman–Crippen LogP) is 1.61. The first-order valence-electron chi connectivity index (χ1n) is 4.74. The molecule has 0 aliphatic carbocycles. The molecule has 0 radical (unpaired) electrons. The zero-order valence-electron chi connectivity index (χ0n) is 8.56. The second-order valence-electron chi connectivity index (χ2n) is 3.76. The van der Waals surface area contributed by atoms with Crippen LogP contribution in [0.25, 0.3) is 0 Å². The van der Waals surface area contributed by atoms with Gasteiger partial charge in [-0.05, 0) is 39.9 Å². The second-order valence-corrected chi connectivity index (χ2v) is 3.76. The third-order valence-electron chi connectivity index (χ3n) is 2.61. The first-order valence-corrected chi connectivity index (χ1v) is 4.74. The molecule has 1 fully saturated rings. The van der Waals surface area contributed by atoms with Gasteiger partial charge in [0.25, 0.3) is 0 Å². The number of hydrogen-bond acceptors (Lipinski definition) is 4. The first-order chi connectivity index (χ1) is 6.25. The Bertz CT molecular complexity index is 281. The Morgan fingerprint density at radius 1 is 1.36 bits per heavy atom. The molecule has 2 heterocycles. The Morgan fingerprint density at radius 3 is 2.50 bits per heavy atom. The van der Waals surface area contributed by atoms with Crippen LogP contribution >= 0.6 is 12.4 Å². The van der Waals surface area contributed by atoms with Crippen molar-refractivity contribution in [2.45, 2.75) is 25.7 Å². The number of aromatic nitrogens is 2. The Balaban J connectivity index is 0.000000980. The minimum atomic E-state index is 0. The molecule has 0 amide bonds. The van der Waals surface area contributed by atoms with Crippen molar-refractivity contribution in [3.8, 4) is 0 Å². The Labute approximate surface area is 90.1 Å². The fourth-order valence-corrected chi connectivity index (χ4v) is 1.73. The average molecular weight is 218 g/mol. The van der Waals surface area contributed by atoms with Crippen molar-refractivity contribution in [2.75, 3.05) is 20.1 Å². The van der Waals surface area contributed by atoms with Crippen LogP contribution in [0.2, 0.25) is 0 Å². The lowest BCUT2D eigenvalue weighted by atomic mass is 9.97. The van der Waals surface area contributed by atoms with Gasteiger partial charge in [-0.3, -0.25) is 0 Å². The number of aryl methyl sites for hydroxylation is 1. The van der Waals surface area contributed by atoms with Gasteiger partial charge >= 0.3 is 0 Å². The molecule has 1 saturated heterocycles. The number of halogens is 1. The lowest BCUT2D eigenvalue weighted by Gasteiger charge is -2.26. The molecule has 0 N–H and O–H groups in total. The monoisotopic (exact) mass is 217 g/mol. The summed E-state index contributed by atoms with van der Waals surface area (Å²) < 4.78 is 5.16. The fraction of sp³-hybridized carbons (Fsp3) is 0.778. The van der Waals surface area contributed by atoms with Crippen LogP contribution < -0.4 is 0 Å². The van der Waals surface area contributed by atoms with Crippen molar-refractivity contribution >= 4 is 12.4 Å². The molecule has 0 aromatic carbocycles. The molecule has 1 aromatic rings. The number of hydrogen-bond donors (Lipinski definition) is 0. The van der Waals surface area contributed by atoms with Crippen LogP contribution in [0.4, 0.5) is 0 Å². The molecule has 1 aromatic heterocycles. The molecule has 5 heteroatoms. The number of nitrogens with zero attached hydrogens (tertiary/aromatic N) is 3. The summed E-state index contributed by atoms with van der Waals surface area (Å²) in [7, 11) is 2.15. The van der Waals surface area contributed by atoms with Crippen LogP contribution in [-0.2, 0) is 0 Å². The summed E-state index contributed by atoms with van der Waals surface area (Å²) in [6.07, 6.45) is 2.27. The standard InChI is InChI=1S/C9H15N3O.ClH/c1-7-10-9(13-11-7)8-3-5-12(2)6-4-8;/h8H,3-6H2,1-2H3;1H. The van der Waals surface area contributed by atoms with Crippen LogP contribution in [0.15, 0.2) is 4.52 Å². The lowest BCUT2D eigenvalue weighted by Crippen LogP contribution is -2.29. The highest BCUT2D eigenvalue weighted by atomic mass is 35.5. The van der Waals surface area contributed by atoms with Crippen LogP contribution in [0.5, 0.6) is 0 Å². The highest BCUT2D eigenvalue weighted by Crippen LogP contribution is 2.25. The zero-order chi connectivity index (χ0) is 9.26. The molecule has 1 aliphatic rings. The van der Waals surface area contributed by atoms with E-state index in [0.29, 0.717) is 5.92 Å². The van der Waals surface area contributed by atoms with Crippen molar-refractivity contribution < 1.29 is 4.52 Å². The largest absolute Gasteiger partial charge is 0.339 e. The summed E-state index contributed by atoms with van der Waals surface area (Å²) in [5, 5.41) is 3.81. The summed E-state index contributed by atoms with van der Waals surface area (Å²) in [4.78, 5) is 6.60. The third kappa shape index (κ3) is 2.45. The molecular formula is C9H16ClN3O. The normalized spacial score (nSPS) is 19.3. The van der Waals surface area contributed by atoms with Gasteiger partial charge in [-0.1, -0.05) is 5.16 Å². The first kappa shape index (κ1) is 11.5. The summed E-state index contributed by atoms with van der Waals surface area (Å²) >= 11 is 0. The molecule has 0 atom stereocenters. The van der Waals surface area contributed by atoms with Crippen LogP contribution in [-0.4, -0.2) is 35.2 Å². The van der Waals surface area contributed by atoms with Gasteiger partial charge in [-0.25, -0.2) is 0 Å². The quantitative estimate of drug-likeness (QED) is 0.717. The molecule has 4 nitrogen and oxygen atoms in total. The van der Waals surface area contributed by atoms with Crippen LogP contribution in [0, 0.1) is 6.92 Å². The van der Waals surface area contributed by atoms with E-state index in [-0.39, 0.29) is 12.4 Å². The molecule has 1 aliphatic heterocycles. The van der Waals surface area contributed by atoms with E-state index in [4.69, 9.17) is 4.52 Å². The Hall–Kier alpha value is -0.610. The molecule has 0 bridgehead atoms. The minimum absolute atomic E-state index is 0. The maximum Gasteiger partial charge on any atom is 0.229 e. The maximum absolute atomic E-state index is 5.16. The van der Waals surface area contributed by atoms with E-state index in [1.807, 2.05) is 6.92 Å². The van der Waals surface area contributed by atoms with Gasteiger partial charge in [-0.15, -0.1) is 12.4 Å². The summed E-state index contributed by atoms with van der Waals surface area (Å²) in [5.74, 6) is 2.05. The smallest absolute Gasteiger partial charge is 0.229 e. The van der Waals surface area contributed by atoms with Gasteiger partial charge in [0.15, 0.2) is 5.82 Å². The Kier molecular flexibility index (Phi) is 3.89. The SMILES string of the molecule is Cc1noc(C2CCN(C)CC2)n1.Cl. The van der Waals surface area contributed by atoms with E-state index in [9.17, 15) is 0 Å². The van der Waals surface area contributed by atoms with Crippen molar-refractivity contribution in [2.24, 2.45) is 0 Å². The Morgan fingerprint density at radius 2 is 2.00 bits per heavy atom. The number of rotatable bonds is 1. The third-order valence-corrected chi connectivity index (χ3v) is 2.61. The summed E-state index contributed by atoms with van der Waals surface area (Å²) in [6.45, 7) is 4.13. The highest BCUT2D eigenvalue weighted by molar-refractivity contribution is 5.85. The fourth-order valence-electron chi connectivity index (χ4n) is 1.73. The average Bonchev–Trinajstić information content (AvgIpc) is 2.53. The molecule has 0 unspecified atom stereocenters. The van der Waals surface area contributed by atoms with Gasteiger partial charge in [0, 0.05) is 5.92 Å². The zero-order valence-corrected chi connectivity index (χ0v) is 9.38. The summed E-state index contributed by atoms with van der Waals surface area (Å²) in [6, 6.07) is 0. The molecule has 2 rings (SSSR count). The number of likely N-dealkylation sites (tertiary alicyclic amines) is 1. The maximum atomic E-state index is 5.16. The molecular weight excluding hydrogens is 202 g/mol. The minimum Gasteiger partial charge on any atom is -0.339 e. The topological polar surface area (TPSA) is 42.2 Å². The van der Waals surface area contributed by atoms with Gasteiger partial charge in [0.2, 0.25) is 5.89 Å². The van der Waals surface area contributed by atoms with Crippen LogP contribution in [0.1, 0.15) is 30.5 Å². The summed E-state index contributed by atoms with van der Waals surface area (Å²) in [5.41, 5.74) is 0. The number of piperidine rings is 1. The predicted molar refractivity (Wildman–Crippen MR) is 55.8 cm³/mol. The molecule has 80 valence electrons. The van der Waals surface area contributed by atoms with Gasteiger partial charge in [0.05, 0.1) is 0 Å². The van der Waals surface area contributed by atoms with E-state index < -0.39 is 0 Å². The van der Waals surface area contributed by atoms with E-state index in [0.717, 1.165) is 37.6 Å². The van der Waals surface area contributed by atoms with E-state index in [1.54, 1.807) is 0 Å². The van der Waals surface area contributed by atoms with E-state index >= 15 is 0 Å². The van der Waals surface area contributed by atoms with Gasteiger partial charge < -0.3 is 9.42 Å². The van der Waals surface area contributed by atoms with Crippen molar-refractivity contribution in [1.82, 2.24) is 15.0 Å². The molecule has 0 saturated carbocycles. The van der Waals surface area contributed by atoms with Crippen LogP contribution in [0.3, 0.4) is 0 Å². The van der Waals surface area contributed by atoms with E-state index in [2.05, 4.69) is 22.1 Å². The lowest BCUT2D eigenvalue weighted by molar-refractivity contribution is 0.227. The van der Waals surface area contributed by atoms with Gasteiger partial charge in [-0.2, -0.15) is 4.98 Å². The highest BCUT2D eigenvalue weighted by Gasteiger charge is 2.22. The van der Waals surface area contributed by atoms with E-state index in [1.165, 1.54) is 0 Å². The molecule has 14 heavy (non-hydrogen) atoms. The van der Waals surface area contributed by atoms with Crippen molar-refractivity contribution in [3.63, 3.8) is 0 Å². The van der Waals surface area contributed by atoms with Crippen molar-refractivity contribution in [1.29, 1.82) is 0 Å². The second kappa shape index (κ2) is 4.75. The van der Waals surface area contributed by atoms with Gasteiger partial charge in [0.1, 0.15) is 0 Å².